The zero-order valence-corrected chi connectivity index (χ0v) is 10.3. The molecule has 0 unspecified atom stereocenters. The highest BCUT2D eigenvalue weighted by Crippen LogP contribution is 2.10. The lowest BCUT2D eigenvalue weighted by molar-refractivity contribution is 0.0303. The molecule has 1 saturated heterocycles. The fourth-order valence-electron chi connectivity index (χ4n) is 2.05. The van der Waals surface area contributed by atoms with E-state index in [0.717, 1.165) is 18.4 Å². The monoisotopic (exact) mass is 233 g/mol. The number of rotatable bonds is 3. The minimum atomic E-state index is 0.122. The van der Waals surface area contributed by atoms with Crippen molar-refractivity contribution in [2.75, 3.05) is 26.3 Å². The Labute approximate surface area is 102 Å². The van der Waals surface area contributed by atoms with Crippen LogP contribution in [0.25, 0.3) is 0 Å². The van der Waals surface area contributed by atoms with Gasteiger partial charge < -0.3 is 9.64 Å². The Balaban J connectivity index is 2.03. The van der Waals surface area contributed by atoms with Gasteiger partial charge in [0.05, 0.1) is 13.2 Å². The van der Waals surface area contributed by atoms with Crippen LogP contribution >= 0.6 is 0 Å². The van der Waals surface area contributed by atoms with Gasteiger partial charge in [0.15, 0.2) is 0 Å². The van der Waals surface area contributed by atoms with Crippen LogP contribution in [-0.2, 0) is 11.2 Å². The van der Waals surface area contributed by atoms with Gasteiger partial charge in [-0.2, -0.15) is 0 Å². The topological polar surface area (TPSA) is 29.5 Å². The van der Waals surface area contributed by atoms with Crippen molar-refractivity contribution in [3.63, 3.8) is 0 Å². The van der Waals surface area contributed by atoms with Gasteiger partial charge in [0, 0.05) is 18.7 Å². The van der Waals surface area contributed by atoms with Crippen molar-refractivity contribution in [2.24, 2.45) is 0 Å². The van der Waals surface area contributed by atoms with Crippen LogP contribution in [0.5, 0.6) is 0 Å². The Bertz CT molecular complexity index is 366. The Hall–Kier alpha value is -1.35. The molecule has 17 heavy (non-hydrogen) atoms. The Morgan fingerprint density at radius 2 is 1.88 bits per heavy atom. The number of carbonyl (C=O) groups excluding carboxylic acids is 1. The Morgan fingerprint density at radius 3 is 2.47 bits per heavy atom. The van der Waals surface area contributed by atoms with Crippen LogP contribution in [0.1, 0.15) is 29.3 Å². The standard InChI is InChI=1S/C14H19NO2/c1-2-3-12-4-6-13(7-5-12)14(16)15-8-10-17-11-9-15/h4-7H,2-3,8-11H2,1H3. The minimum absolute atomic E-state index is 0.122. The second kappa shape index (κ2) is 5.82. The number of aryl methyl sites for hydroxylation is 1. The normalized spacial score (nSPS) is 15.9. The first-order chi connectivity index (χ1) is 8.31. The highest BCUT2D eigenvalue weighted by molar-refractivity contribution is 5.94. The molecule has 3 nitrogen and oxygen atoms in total. The van der Waals surface area contributed by atoms with E-state index in [0.29, 0.717) is 26.3 Å². The molecule has 0 spiro atoms. The summed E-state index contributed by atoms with van der Waals surface area (Å²) in [6.45, 7) is 4.87. The third kappa shape index (κ3) is 3.07. The molecule has 2 rings (SSSR count). The van der Waals surface area contributed by atoms with E-state index in [1.54, 1.807) is 0 Å². The van der Waals surface area contributed by atoms with Crippen molar-refractivity contribution in [1.29, 1.82) is 0 Å². The molecule has 1 aromatic rings. The van der Waals surface area contributed by atoms with Gasteiger partial charge in [0.25, 0.3) is 5.91 Å². The molecule has 0 atom stereocenters. The summed E-state index contributed by atoms with van der Waals surface area (Å²) in [5.74, 6) is 0.122. The highest BCUT2D eigenvalue weighted by atomic mass is 16.5. The van der Waals surface area contributed by atoms with Gasteiger partial charge in [-0.25, -0.2) is 0 Å². The fraction of sp³-hybridized carbons (Fsp3) is 0.500. The van der Waals surface area contributed by atoms with Gasteiger partial charge in [0.1, 0.15) is 0 Å². The van der Waals surface area contributed by atoms with E-state index in [-0.39, 0.29) is 5.91 Å². The molecule has 92 valence electrons. The van der Waals surface area contributed by atoms with E-state index in [9.17, 15) is 4.79 Å². The first-order valence-electron chi connectivity index (χ1n) is 6.27. The van der Waals surface area contributed by atoms with Crippen molar-refractivity contribution in [1.82, 2.24) is 4.90 Å². The summed E-state index contributed by atoms with van der Waals surface area (Å²) in [5.41, 5.74) is 2.08. The number of hydrogen-bond acceptors (Lipinski definition) is 2. The molecule has 3 heteroatoms. The molecule has 0 aliphatic carbocycles. The molecule has 1 fully saturated rings. The summed E-state index contributed by atoms with van der Waals surface area (Å²) in [7, 11) is 0. The molecule has 1 heterocycles. The van der Waals surface area contributed by atoms with E-state index in [2.05, 4.69) is 19.1 Å². The zero-order chi connectivity index (χ0) is 12.1. The molecule has 1 aliphatic heterocycles. The van der Waals surface area contributed by atoms with Gasteiger partial charge in [0.2, 0.25) is 0 Å². The lowest BCUT2D eigenvalue weighted by Gasteiger charge is -2.26. The minimum Gasteiger partial charge on any atom is -0.378 e. The summed E-state index contributed by atoms with van der Waals surface area (Å²) in [4.78, 5) is 14.0. The second-order valence-corrected chi connectivity index (χ2v) is 4.35. The van der Waals surface area contributed by atoms with E-state index in [1.165, 1.54) is 5.56 Å². The van der Waals surface area contributed by atoms with Crippen molar-refractivity contribution in [2.45, 2.75) is 19.8 Å². The second-order valence-electron chi connectivity index (χ2n) is 4.35. The quantitative estimate of drug-likeness (QED) is 0.800. The molecule has 0 bridgehead atoms. The van der Waals surface area contributed by atoms with E-state index in [4.69, 9.17) is 4.74 Å². The molecule has 0 saturated carbocycles. The number of carbonyl (C=O) groups is 1. The predicted octanol–water partition coefficient (Wildman–Crippen LogP) is 2.11. The molecule has 1 amide bonds. The van der Waals surface area contributed by atoms with Crippen molar-refractivity contribution >= 4 is 5.91 Å². The van der Waals surface area contributed by atoms with Crippen LogP contribution in [0, 0.1) is 0 Å². The third-order valence-electron chi connectivity index (χ3n) is 3.04. The highest BCUT2D eigenvalue weighted by Gasteiger charge is 2.17. The van der Waals surface area contributed by atoms with Crippen molar-refractivity contribution in [3.8, 4) is 0 Å². The molecular weight excluding hydrogens is 214 g/mol. The smallest absolute Gasteiger partial charge is 0.254 e. The molecular formula is C14H19NO2. The van der Waals surface area contributed by atoms with E-state index < -0.39 is 0 Å². The molecule has 1 aromatic carbocycles. The van der Waals surface area contributed by atoms with Crippen LogP contribution in [0.15, 0.2) is 24.3 Å². The molecule has 1 aliphatic rings. The summed E-state index contributed by atoms with van der Waals surface area (Å²) in [6, 6.07) is 7.97. The number of amides is 1. The summed E-state index contributed by atoms with van der Waals surface area (Å²) in [5, 5.41) is 0. The molecule has 0 N–H and O–H groups in total. The zero-order valence-electron chi connectivity index (χ0n) is 10.3. The van der Waals surface area contributed by atoms with E-state index in [1.807, 2.05) is 17.0 Å². The first kappa shape index (κ1) is 12.1. The number of benzene rings is 1. The lowest BCUT2D eigenvalue weighted by atomic mass is 10.1. The van der Waals surface area contributed by atoms with Crippen LogP contribution in [0.3, 0.4) is 0 Å². The molecule has 0 radical (unpaired) electrons. The lowest BCUT2D eigenvalue weighted by Crippen LogP contribution is -2.40. The largest absolute Gasteiger partial charge is 0.378 e. The molecule has 0 aromatic heterocycles. The number of morpholine rings is 1. The summed E-state index contributed by atoms with van der Waals surface area (Å²) >= 11 is 0. The average molecular weight is 233 g/mol. The van der Waals surface area contributed by atoms with E-state index >= 15 is 0 Å². The van der Waals surface area contributed by atoms with Gasteiger partial charge in [-0.1, -0.05) is 25.5 Å². The number of hydrogen-bond donors (Lipinski definition) is 0. The van der Waals surface area contributed by atoms with Gasteiger partial charge >= 0.3 is 0 Å². The van der Waals surface area contributed by atoms with Gasteiger partial charge in [-0.05, 0) is 24.1 Å². The fourth-order valence-corrected chi connectivity index (χ4v) is 2.05. The maximum Gasteiger partial charge on any atom is 0.254 e. The number of nitrogens with zero attached hydrogens (tertiary/aromatic N) is 1. The predicted molar refractivity (Wildman–Crippen MR) is 67.2 cm³/mol. The maximum absolute atomic E-state index is 12.1. The Morgan fingerprint density at radius 1 is 1.24 bits per heavy atom. The third-order valence-corrected chi connectivity index (χ3v) is 3.04. The SMILES string of the molecule is CCCc1ccc(C(=O)N2CCOCC2)cc1. The van der Waals surface area contributed by atoms with Crippen LogP contribution < -0.4 is 0 Å². The van der Waals surface area contributed by atoms with Crippen LogP contribution in [-0.4, -0.2) is 37.1 Å². The number of ether oxygens (including phenoxy) is 1. The summed E-state index contributed by atoms with van der Waals surface area (Å²) < 4.78 is 5.24. The average Bonchev–Trinajstić information content (AvgIpc) is 2.40. The Kier molecular flexibility index (Phi) is 4.15. The van der Waals surface area contributed by atoms with Crippen LogP contribution in [0.2, 0.25) is 0 Å². The van der Waals surface area contributed by atoms with Crippen molar-refractivity contribution < 1.29 is 9.53 Å². The van der Waals surface area contributed by atoms with Crippen molar-refractivity contribution in [3.05, 3.63) is 35.4 Å². The van der Waals surface area contributed by atoms with Gasteiger partial charge in [-0.3, -0.25) is 4.79 Å². The first-order valence-corrected chi connectivity index (χ1v) is 6.27. The maximum atomic E-state index is 12.1. The van der Waals surface area contributed by atoms with Crippen LogP contribution in [0.4, 0.5) is 0 Å². The summed E-state index contributed by atoms with van der Waals surface area (Å²) in [6.07, 6.45) is 2.21. The van der Waals surface area contributed by atoms with Gasteiger partial charge in [-0.15, -0.1) is 0 Å².